The van der Waals surface area contributed by atoms with Crippen LogP contribution in [0.25, 0.3) is 0 Å². The summed E-state index contributed by atoms with van der Waals surface area (Å²) < 4.78 is 5.68. The van der Waals surface area contributed by atoms with Crippen molar-refractivity contribution in [2.24, 2.45) is 5.92 Å². The lowest BCUT2D eigenvalue weighted by molar-refractivity contribution is -0.146. The van der Waals surface area contributed by atoms with E-state index in [0.29, 0.717) is 24.7 Å². The number of amides is 2. The Labute approximate surface area is 171 Å². The smallest absolute Gasteiger partial charge is 0.251 e. The number of nitrogens with one attached hydrogen (secondary N) is 2. The van der Waals surface area contributed by atoms with Gasteiger partial charge in [-0.15, -0.1) is 0 Å². The van der Waals surface area contributed by atoms with Gasteiger partial charge in [-0.1, -0.05) is 13.8 Å². The van der Waals surface area contributed by atoms with Gasteiger partial charge in [-0.25, -0.2) is 4.98 Å². The van der Waals surface area contributed by atoms with E-state index in [2.05, 4.69) is 20.6 Å². The van der Waals surface area contributed by atoms with Crippen molar-refractivity contribution >= 4 is 29.3 Å². The Morgan fingerprint density at radius 3 is 2.62 bits per heavy atom. The van der Waals surface area contributed by atoms with Gasteiger partial charge >= 0.3 is 0 Å². The molecule has 2 unspecified atom stereocenters. The van der Waals surface area contributed by atoms with Crippen LogP contribution in [0.2, 0.25) is 0 Å². The van der Waals surface area contributed by atoms with Gasteiger partial charge in [-0.05, 0) is 32.6 Å². The second-order valence-electron chi connectivity index (χ2n) is 8.72. The maximum Gasteiger partial charge on any atom is 0.251 e. The van der Waals surface area contributed by atoms with Crippen LogP contribution in [0.4, 0.5) is 17.5 Å². The Hall–Kier alpha value is -2.42. The first kappa shape index (κ1) is 19.9. The Kier molecular flexibility index (Phi) is 5.10. The molecule has 1 aromatic heterocycles. The Morgan fingerprint density at radius 2 is 2.00 bits per heavy atom. The molecule has 4 heterocycles. The number of carbonyl (C=O) groups excluding carboxylic acids is 2. The minimum absolute atomic E-state index is 0.0287. The molecule has 1 aromatic rings. The van der Waals surface area contributed by atoms with Gasteiger partial charge in [-0.2, -0.15) is 4.98 Å². The summed E-state index contributed by atoms with van der Waals surface area (Å²) >= 11 is 0. The molecular weight excluding hydrogens is 372 g/mol. The second-order valence-corrected chi connectivity index (χ2v) is 8.72. The Morgan fingerprint density at radius 1 is 1.28 bits per heavy atom. The van der Waals surface area contributed by atoms with Crippen LogP contribution in [-0.2, 0) is 14.3 Å². The molecule has 0 spiro atoms. The van der Waals surface area contributed by atoms with Crippen molar-refractivity contribution in [1.29, 1.82) is 0 Å². The first-order valence-electron chi connectivity index (χ1n) is 10.4. The van der Waals surface area contributed by atoms with Gasteiger partial charge < -0.3 is 25.2 Å². The molecule has 2 saturated heterocycles. The normalized spacial score (nSPS) is 27.0. The summed E-state index contributed by atoms with van der Waals surface area (Å²) in [6, 6.07) is -0.158. The fourth-order valence-corrected chi connectivity index (χ4v) is 4.40. The average molecular weight is 402 g/mol. The van der Waals surface area contributed by atoms with Crippen molar-refractivity contribution in [1.82, 2.24) is 14.9 Å². The molecule has 0 aromatic carbocycles. The minimum Gasteiger partial charge on any atom is -0.365 e. The molecule has 3 aliphatic rings. The van der Waals surface area contributed by atoms with Crippen LogP contribution in [0.3, 0.4) is 0 Å². The van der Waals surface area contributed by atoms with Crippen molar-refractivity contribution < 1.29 is 14.3 Å². The number of ether oxygens (including phenoxy) is 1. The quantitative estimate of drug-likeness (QED) is 0.785. The number of hydrogen-bond acceptors (Lipinski definition) is 7. The first-order valence-corrected chi connectivity index (χ1v) is 10.4. The fourth-order valence-electron chi connectivity index (χ4n) is 4.40. The molecule has 158 valence electrons. The molecule has 3 aliphatic heterocycles. The molecule has 0 radical (unpaired) electrons. The average Bonchev–Trinajstić information content (AvgIpc) is 3.04. The zero-order valence-electron chi connectivity index (χ0n) is 17.7. The van der Waals surface area contributed by atoms with Gasteiger partial charge in [-0.3, -0.25) is 9.59 Å². The fraction of sp³-hybridized carbons (Fsp3) is 0.700. The minimum atomic E-state index is -0.293. The molecule has 0 saturated carbocycles. The van der Waals surface area contributed by atoms with Gasteiger partial charge in [0.25, 0.3) is 5.91 Å². The molecule has 29 heavy (non-hydrogen) atoms. The third-order valence-electron chi connectivity index (χ3n) is 6.00. The summed E-state index contributed by atoms with van der Waals surface area (Å²) in [5, 5.41) is 6.29. The van der Waals surface area contributed by atoms with Crippen LogP contribution < -0.4 is 15.5 Å². The highest BCUT2D eigenvalue weighted by Crippen LogP contribution is 2.34. The zero-order chi connectivity index (χ0) is 20.9. The molecule has 0 aliphatic carbocycles. The van der Waals surface area contributed by atoms with E-state index in [0.717, 1.165) is 24.4 Å². The largest absolute Gasteiger partial charge is 0.365 e. The number of carbonyl (C=O) groups is 2. The topological polar surface area (TPSA) is 99.7 Å². The summed E-state index contributed by atoms with van der Waals surface area (Å²) in [4.78, 5) is 37.8. The molecule has 2 N–H and O–H groups in total. The molecule has 4 rings (SSSR count). The number of likely N-dealkylation sites (N-methyl/N-ethyl adjacent to an activating group) is 1. The van der Waals surface area contributed by atoms with Crippen LogP contribution >= 0.6 is 0 Å². The van der Waals surface area contributed by atoms with Crippen LogP contribution in [0.1, 0.15) is 39.3 Å². The number of likely N-dealkylation sites (tertiary alicyclic amines) is 1. The number of anilines is 3. The molecular formula is C20H30N6O3. The lowest BCUT2D eigenvalue weighted by Crippen LogP contribution is -2.59. The number of fused-ring (bicyclic) bond motifs is 1. The van der Waals surface area contributed by atoms with Crippen molar-refractivity contribution in [3.8, 4) is 0 Å². The Balaban J connectivity index is 1.42. The van der Waals surface area contributed by atoms with Gasteiger partial charge in [0.1, 0.15) is 17.8 Å². The molecule has 0 bridgehead atoms. The summed E-state index contributed by atoms with van der Waals surface area (Å²) in [5.74, 6) is 1.45. The van der Waals surface area contributed by atoms with Crippen LogP contribution in [0.15, 0.2) is 0 Å². The SMILES string of the molecule is Cc1nc(NC2CN(C(=O)C3CCC(C)O3)C2)nc2c1NC(=O)[C@H](C(C)C)N2C. The summed E-state index contributed by atoms with van der Waals surface area (Å²) in [7, 11) is 1.89. The predicted octanol–water partition coefficient (Wildman–Crippen LogP) is 1.39. The summed E-state index contributed by atoms with van der Waals surface area (Å²) in [6.07, 6.45) is 1.61. The molecule has 3 atom stereocenters. The van der Waals surface area contributed by atoms with E-state index in [1.165, 1.54) is 0 Å². The van der Waals surface area contributed by atoms with Crippen molar-refractivity contribution in [3.05, 3.63) is 5.69 Å². The van der Waals surface area contributed by atoms with Gasteiger partial charge in [0, 0.05) is 20.1 Å². The lowest BCUT2D eigenvalue weighted by atomic mass is 9.99. The predicted molar refractivity (Wildman–Crippen MR) is 110 cm³/mol. The number of hydrogen-bond donors (Lipinski definition) is 2. The number of nitrogens with zero attached hydrogens (tertiary/aromatic N) is 4. The monoisotopic (exact) mass is 402 g/mol. The molecule has 2 amide bonds. The highest BCUT2D eigenvalue weighted by atomic mass is 16.5. The lowest BCUT2D eigenvalue weighted by Gasteiger charge is -2.41. The van der Waals surface area contributed by atoms with E-state index in [-0.39, 0.29) is 42.0 Å². The van der Waals surface area contributed by atoms with Gasteiger partial charge in [0.05, 0.1) is 17.8 Å². The van der Waals surface area contributed by atoms with Crippen molar-refractivity contribution in [3.63, 3.8) is 0 Å². The maximum absolute atomic E-state index is 12.5. The first-order chi connectivity index (χ1) is 13.7. The number of rotatable bonds is 4. The van der Waals surface area contributed by atoms with E-state index in [1.54, 1.807) is 0 Å². The second kappa shape index (κ2) is 7.44. The molecule has 9 heteroatoms. The van der Waals surface area contributed by atoms with E-state index < -0.39 is 0 Å². The maximum atomic E-state index is 12.5. The highest BCUT2D eigenvalue weighted by molar-refractivity contribution is 6.03. The molecule has 2 fully saturated rings. The van der Waals surface area contributed by atoms with E-state index >= 15 is 0 Å². The van der Waals surface area contributed by atoms with E-state index in [9.17, 15) is 9.59 Å². The van der Waals surface area contributed by atoms with Gasteiger partial charge in [0.15, 0.2) is 5.82 Å². The third-order valence-corrected chi connectivity index (χ3v) is 6.00. The van der Waals surface area contributed by atoms with Crippen LogP contribution in [-0.4, -0.2) is 71.1 Å². The number of aryl methyl sites for hydroxylation is 1. The molecule has 9 nitrogen and oxygen atoms in total. The summed E-state index contributed by atoms with van der Waals surface area (Å²) in [5.41, 5.74) is 1.39. The number of aromatic nitrogens is 2. The highest BCUT2D eigenvalue weighted by Gasteiger charge is 2.39. The van der Waals surface area contributed by atoms with Gasteiger partial charge in [0.2, 0.25) is 11.9 Å². The third kappa shape index (κ3) is 3.63. The standard InChI is InChI=1S/C20H30N6O3/c1-10(2)16-18(27)23-15-12(4)21-20(24-17(15)25(16)5)22-13-8-26(9-13)19(28)14-7-6-11(3)29-14/h10-11,13-14,16H,6-9H2,1-5H3,(H,23,27)(H,21,22,24)/t11?,14?,16-/m0/s1. The van der Waals surface area contributed by atoms with Crippen LogP contribution in [0.5, 0.6) is 0 Å². The Bertz CT molecular complexity index is 823. The summed E-state index contributed by atoms with van der Waals surface area (Å²) in [6.45, 7) is 9.15. The van der Waals surface area contributed by atoms with Crippen molar-refractivity contribution in [2.75, 3.05) is 35.7 Å². The van der Waals surface area contributed by atoms with Crippen LogP contribution in [0, 0.1) is 12.8 Å². The van der Waals surface area contributed by atoms with Crippen molar-refractivity contribution in [2.45, 2.75) is 64.8 Å². The van der Waals surface area contributed by atoms with E-state index in [1.807, 2.05) is 44.5 Å². The van der Waals surface area contributed by atoms with E-state index in [4.69, 9.17) is 4.74 Å². The zero-order valence-corrected chi connectivity index (χ0v) is 17.7.